The fourth-order valence-corrected chi connectivity index (χ4v) is 3.53. The lowest BCUT2D eigenvalue weighted by molar-refractivity contribution is -0.135. The lowest BCUT2D eigenvalue weighted by Gasteiger charge is -2.40. The van der Waals surface area contributed by atoms with E-state index in [2.05, 4.69) is 11.8 Å². The van der Waals surface area contributed by atoms with Gasteiger partial charge in [-0.2, -0.15) is 0 Å². The summed E-state index contributed by atoms with van der Waals surface area (Å²) in [7, 11) is 0. The van der Waals surface area contributed by atoms with E-state index in [0.717, 1.165) is 18.7 Å². The summed E-state index contributed by atoms with van der Waals surface area (Å²) in [5.41, 5.74) is 1.75. The van der Waals surface area contributed by atoms with Gasteiger partial charge in [0, 0.05) is 42.8 Å². The average Bonchev–Trinajstić information content (AvgIpc) is 2.59. The van der Waals surface area contributed by atoms with Crippen LogP contribution in [0.15, 0.2) is 48.5 Å². The Morgan fingerprint density at radius 1 is 1.16 bits per heavy atom. The highest BCUT2D eigenvalue weighted by Crippen LogP contribution is 2.24. The summed E-state index contributed by atoms with van der Waals surface area (Å²) in [6.07, 6.45) is 0.435. The number of carbonyl (C=O) groups excluding carboxylic acids is 1. The maximum absolute atomic E-state index is 12.6. The van der Waals surface area contributed by atoms with E-state index in [4.69, 9.17) is 11.6 Å². The number of rotatable bonds is 4. The highest BCUT2D eigenvalue weighted by molar-refractivity contribution is 6.30. The van der Waals surface area contributed by atoms with Crippen molar-refractivity contribution in [2.45, 2.75) is 25.9 Å². The first-order valence-electron chi connectivity index (χ1n) is 8.54. The predicted molar refractivity (Wildman–Crippen MR) is 98.2 cm³/mol. The van der Waals surface area contributed by atoms with Crippen LogP contribution in [0, 0.1) is 0 Å². The van der Waals surface area contributed by atoms with Gasteiger partial charge in [-0.3, -0.25) is 14.8 Å². The molecule has 1 aliphatic heterocycles. The minimum Gasteiger partial charge on any atom is -0.337 e. The molecule has 0 spiro atoms. The first kappa shape index (κ1) is 17.8. The van der Waals surface area contributed by atoms with Gasteiger partial charge in [0.15, 0.2) is 5.75 Å². The molecule has 2 aromatic rings. The average molecular weight is 358 g/mol. The summed E-state index contributed by atoms with van der Waals surface area (Å²) in [6, 6.07) is 14.8. The van der Waals surface area contributed by atoms with Gasteiger partial charge in [-0.15, -0.1) is 0 Å². The Kier molecular flexibility index (Phi) is 5.61. The summed E-state index contributed by atoms with van der Waals surface area (Å²) in [6.45, 7) is 4.83. The van der Waals surface area contributed by atoms with Gasteiger partial charge in [0.05, 0.1) is 6.42 Å². The fraction of sp³-hybridized carbons (Fsp3) is 0.350. The lowest BCUT2D eigenvalue weighted by Crippen LogP contribution is -2.54. The third-order valence-electron chi connectivity index (χ3n) is 4.65. The Morgan fingerprint density at radius 2 is 1.92 bits per heavy atom. The van der Waals surface area contributed by atoms with Crippen LogP contribution in [0.25, 0.3) is 0 Å². The van der Waals surface area contributed by atoms with Crippen molar-refractivity contribution >= 4 is 17.5 Å². The molecule has 25 heavy (non-hydrogen) atoms. The molecule has 1 atom stereocenters. The van der Waals surface area contributed by atoms with E-state index in [0.29, 0.717) is 30.1 Å². The smallest absolute Gasteiger partial charge is 0.227 e. The lowest BCUT2D eigenvalue weighted by atomic mass is 10.1. The van der Waals surface area contributed by atoms with Crippen molar-refractivity contribution in [2.75, 3.05) is 19.6 Å². The summed E-state index contributed by atoms with van der Waals surface area (Å²) < 4.78 is 0. The van der Waals surface area contributed by atoms with Crippen LogP contribution in [0.4, 0.5) is 0 Å². The quantitative estimate of drug-likeness (QED) is 0.836. The van der Waals surface area contributed by atoms with Gasteiger partial charge in [0.25, 0.3) is 0 Å². The minimum absolute atomic E-state index is 0.0136. The summed E-state index contributed by atoms with van der Waals surface area (Å²) >= 11 is 5.99. The highest BCUT2D eigenvalue weighted by Gasteiger charge is 2.27. The van der Waals surface area contributed by atoms with Crippen molar-refractivity contribution in [3.8, 4) is 5.75 Å². The first-order valence-corrected chi connectivity index (χ1v) is 8.92. The number of amides is 1. The number of halogens is 1. The van der Waals surface area contributed by atoms with Crippen LogP contribution in [0.1, 0.15) is 18.1 Å². The second kappa shape index (κ2) is 7.89. The van der Waals surface area contributed by atoms with Gasteiger partial charge in [0.2, 0.25) is 5.91 Å². The summed E-state index contributed by atoms with van der Waals surface area (Å²) in [4.78, 5) is 16.7. The first-order chi connectivity index (χ1) is 12.0. The van der Waals surface area contributed by atoms with E-state index in [1.807, 2.05) is 35.2 Å². The molecule has 0 aromatic heterocycles. The minimum atomic E-state index is 0.0136. The highest BCUT2D eigenvalue weighted by atomic mass is 35.5. The number of carbonyl (C=O) groups is 1. The third-order valence-corrected chi connectivity index (χ3v) is 4.88. The molecule has 0 aliphatic carbocycles. The maximum Gasteiger partial charge on any atom is 0.227 e. The second-order valence-electron chi connectivity index (χ2n) is 6.59. The topological polar surface area (TPSA) is 43.5 Å². The predicted octanol–water partition coefficient (Wildman–Crippen LogP) is 3.76. The SMILES string of the molecule is C[C@H]1CN(Cc2cc(Cl)ccc2[O])CCN1C(=O)Cc1ccccc1. The van der Waals surface area contributed by atoms with Crippen LogP contribution in [-0.4, -0.2) is 41.4 Å². The molecule has 4 nitrogen and oxygen atoms in total. The van der Waals surface area contributed by atoms with E-state index < -0.39 is 0 Å². The van der Waals surface area contributed by atoms with Gasteiger partial charge in [-0.05, 0) is 30.7 Å². The monoisotopic (exact) mass is 357 g/mol. The molecule has 0 N–H and O–H groups in total. The fourth-order valence-electron chi connectivity index (χ4n) is 3.33. The van der Waals surface area contributed by atoms with Crippen molar-refractivity contribution in [1.29, 1.82) is 0 Å². The van der Waals surface area contributed by atoms with Gasteiger partial charge >= 0.3 is 0 Å². The molecule has 0 unspecified atom stereocenters. The maximum atomic E-state index is 12.6. The van der Waals surface area contributed by atoms with Crippen LogP contribution in [0.5, 0.6) is 5.75 Å². The van der Waals surface area contributed by atoms with Crippen molar-refractivity contribution in [1.82, 2.24) is 9.80 Å². The molecule has 5 heteroatoms. The van der Waals surface area contributed by atoms with E-state index in [9.17, 15) is 9.90 Å². The van der Waals surface area contributed by atoms with Crippen molar-refractivity contribution in [3.63, 3.8) is 0 Å². The van der Waals surface area contributed by atoms with Crippen LogP contribution < -0.4 is 0 Å². The molecule has 1 fully saturated rings. The molecule has 0 bridgehead atoms. The van der Waals surface area contributed by atoms with Gasteiger partial charge in [-0.1, -0.05) is 41.9 Å². The number of hydrogen-bond donors (Lipinski definition) is 0. The van der Waals surface area contributed by atoms with Crippen LogP contribution >= 0.6 is 11.6 Å². The Morgan fingerprint density at radius 3 is 2.64 bits per heavy atom. The molecule has 1 heterocycles. The van der Waals surface area contributed by atoms with Crippen molar-refractivity contribution in [2.24, 2.45) is 0 Å². The van der Waals surface area contributed by atoms with E-state index in [1.165, 1.54) is 6.07 Å². The number of benzene rings is 2. The zero-order chi connectivity index (χ0) is 17.8. The molecular formula is C20H22ClN2O2. The van der Waals surface area contributed by atoms with Crippen LogP contribution in [0.2, 0.25) is 5.02 Å². The summed E-state index contributed by atoms with van der Waals surface area (Å²) in [5, 5.41) is 12.5. The van der Waals surface area contributed by atoms with E-state index in [1.54, 1.807) is 12.1 Å². The Labute approximate surface area is 153 Å². The number of hydrogen-bond acceptors (Lipinski definition) is 2. The van der Waals surface area contributed by atoms with Crippen LogP contribution in [-0.2, 0) is 22.9 Å². The van der Waals surface area contributed by atoms with E-state index >= 15 is 0 Å². The molecule has 131 valence electrons. The zero-order valence-corrected chi connectivity index (χ0v) is 15.1. The number of piperazine rings is 1. The molecule has 0 saturated carbocycles. The molecule has 1 saturated heterocycles. The third kappa shape index (κ3) is 4.53. The Balaban J connectivity index is 1.58. The summed E-state index contributed by atoms with van der Waals surface area (Å²) in [5.74, 6) is 0.172. The van der Waals surface area contributed by atoms with Crippen LogP contribution in [0.3, 0.4) is 0 Å². The van der Waals surface area contributed by atoms with Gasteiger partial charge < -0.3 is 4.90 Å². The normalized spacial score (nSPS) is 18.3. The van der Waals surface area contributed by atoms with Crippen molar-refractivity contribution in [3.05, 3.63) is 64.7 Å². The van der Waals surface area contributed by atoms with E-state index in [-0.39, 0.29) is 17.7 Å². The second-order valence-corrected chi connectivity index (χ2v) is 7.02. The molecule has 1 amide bonds. The Hall–Kier alpha value is -2.04. The Bertz CT molecular complexity index is 736. The van der Waals surface area contributed by atoms with Gasteiger partial charge in [0.1, 0.15) is 0 Å². The standard InChI is InChI=1S/C20H22ClN2O2/c1-15-13-22(14-17-12-18(21)7-8-19(17)24)9-10-23(15)20(25)11-16-5-3-2-4-6-16/h2-8,12,15H,9-11,13-14H2,1H3/t15-/m0/s1. The molecular weight excluding hydrogens is 336 g/mol. The zero-order valence-electron chi connectivity index (χ0n) is 14.3. The molecule has 1 aliphatic rings. The van der Waals surface area contributed by atoms with Crippen molar-refractivity contribution < 1.29 is 9.90 Å². The number of nitrogens with zero attached hydrogens (tertiary/aromatic N) is 2. The molecule has 2 aromatic carbocycles. The molecule has 1 radical (unpaired) electrons. The largest absolute Gasteiger partial charge is 0.337 e. The molecule has 3 rings (SSSR count). The van der Waals surface area contributed by atoms with Gasteiger partial charge in [-0.25, -0.2) is 0 Å².